The zero-order valence-electron chi connectivity index (χ0n) is 54.2. The summed E-state index contributed by atoms with van der Waals surface area (Å²) in [4.78, 5) is 17.0. The maximum atomic E-state index is 5.68. The van der Waals surface area contributed by atoms with Crippen molar-refractivity contribution in [3.63, 3.8) is 0 Å². The molecule has 0 saturated heterocycles. The molecule has 3 aliphatic rings. The summed E-state index contributed by atoms with van der Waals surface area (Å²) in [5.74, 6) is 1.63. The molecular weight excluding hydrogens is 1170 g/mol. The Bertz CT molecular complexity index is 6010. The van der Waals surface area contributed by atoms with Crippen molar-refractivity contribution >= 4 is 65.4 Å². The molecule has 0 atom stereocenters. The smallest absolute Gasteiger partial charge is 0.240 e. The predicted octanol–water partition coefficient (Wildman–Crippen LogP) is 22.7. The first-order chi connectivity index (χ1) is 46.8. The number of hydrogen-bond acceptors (Lipinski definition) is 3. The van der Waals surface area contributed by atoms with Crippen LogP contribution in [0.15, 0.2) is 279 Å². The molecule has 0 N–H and O–H groups in total. The largest absolute Gasteiger partial charge is 0.309 e. The van der Waals surface area contributed by atoms with Crippen LogP contribution >= 0.6 is 0 Å². The first-order valence-electron chi connectivity index (χ1n) is 33.6. The first-order valence-corrected chi connectivity index (χ1v) is 33.6. The van der Waals surface area contributed by atoms with Crippen LogP contribution in [0.5, 0.6) is 0 Å². The fourth-order valence-corrected chi connectivity index (χ4v) is 17.3. The molecule has 0 radical (unpaired) electrons. The fourth-order valence-electron chi connectivity index (χ4n) is 17.3. The molecule has 454 valence electrons. The lowest BCUT2D eigenvalue weighted by atomic mass is 9.81. The van der Waals surface area contributed by atoms with E-state index in [1.165, 1.54) is 99.8 Å². The molecule has 17 aromatic rings. The highest BCUT2D eigenvalue weighted by molar-refractivity contribution is 6.13. The van der Waals surface area contributed by atoms with E-state index < -0.39 is 0 Å². The van der Waals surface area contributed by atoms with E-state index in [4.69, 9.17) is 15.0 Å². The Hall–Kier alpha value is -11.7. The summed E-state index contributed by atoms with van der Waals surface area (Å²) in [6.45, 7) is 14.1. The average Bonchev–Trinajstić information content (AvgIpc) is 1.58. The van der Waals surface area contributed by atoms with Gasteiger partial charge in [0.1, 0.15) is 0 Å². The van der Waals surface area contributed by atoms with Gasteiger partial charge in [-0.15, -0.1) is 0 Å². The number of fused-ring (bicyclic) bond motifs is 18. The van der Waals surface area contributed by atoms with Gasteiger partial charge in [-0.1, -0.05) is 236 Å². The maximum absolute atomic E-state index is 5.68. The van der Waals surface area contributed by atoms with Crippen LogP contribution < -0.4 is 0 Å². The molecule has 13 aromatic carbocycles. The number of benzene rings is 13. The van der Waals surface area contributed by atoms with Gasteiger partial charge in [0.2, 0.25) is 11.9 Å². The van der Waals surface area contributed by atoms with Crippen LogP contribution in [-0.4, -0.2) is 28.7 Å². The molecule has 0 saturated carbocycles. The Labute approximate surface area is 556 Å². The maximum Gasteiger partial charge on any atom is 0.240 e. The van der Waals surface area contributed by atoms with Crippen LogP contribution in [0.3, 0.4) is 0 Å². The van der Waals surface area contributed by atoms with Crippen molar-refractivity contribution in [1.82, 2.24) is 28.7 Å². The van der Waals surface area contributed by atoms with Crippen molar-refractivity contribution in [3.8, 4) is 95.7 Å². The molecule has 0 spiro atoms. The molecular formula is C90H64N6. The predicted molar refractivity (Wildman–Crippen MR) is 397 cm³/mol. The Balaban J connectivity index is 0.761. The summed E-state index contributed by atoms with van der Waals surface area (Å²) in [7, 11) is 0. The molecule has 4 heterocycles. The van der Waals surface area contributed by atoms with Crippen LogP contribution in [0, 0.1) is 0 Å². The highest BCUT2D eigenvalue weighted by Gasteiger charge is 2.38. The van der Waals surface area contributed by atoms with Crippen molar-refractivity contribution in [2.45, 2.75) is 57.8 Å². The third-order valence-corrected chi connectivity index (χ3v) is 22.1. The molecule has 0 amide bonds. The second-order valence-electron chi connectivity index (χ2n) is 28.4. The van der Waals surface area contributed by atoms with Gasteiger partial charge in [-0.05, 0) is 185 Å². The van der Waals surface area contributed by atoms with E-state index in [1.807, 2.05) is 0 Å². The normalized spacial score (nSPS) is 14.4. The minimum absolute atomic E-state index is 0.0977. The molecule has 20 rings (SSSR count). The Morgan fingerprint density at radius 3 is 0.938 bits per heavy atom. The summed E-state index contributed by atoms with van der Waals surface area (Å²) >= 11 is 0. The van der Waals surface area contributed by atoms with E-state index in [0.717, 1.165) is 77.0 Å². The minimum atomic E-state index is -0.120. The quantitative estimate of drug-likeness (QED) is 0.160. The average molecular weight is 1230 g/mol. The lowest BCUT2D eigenvalue weighted by Gasteiger charge is -2.22. The molecule has 0 aliphatic heterocycles. The lowest BCUT2D eigenvalue weighted by Crippen LogP contribution is -2.14. The third-order valence-electron chi connectivity index (χ3n) is 22.1. The van der Waals surface area contributed by atoms with Crippen LogP contribution in [-0.2, 0) is 16.2 Å². The van der Waals surface area contributed by atoms with Crippen LogP contribution in [0.1, 0.15) is 74.9 Å². The van der Waals surface area contributed by atoms with E-state index in [-0.39, 0.29) is 16.2 Å². The van der Waals surface area contributed by atoms with Crippen molar-refractivity contribution in [2.75, 3.05) is 0 Å². The first kappa shape index (κ1) is 54.8. The molecule has 6 heteroatoms. The molecule has 0 bridgehead atoms. The number of para-hydroxylation sites is 3. The number of hydrogen-bond donors (Lipinski definition) is 0. The van der Waals surface area contributed by atoms with E-state index in [2.05, 4.69) is 334 Å². The van der Waals surface area contributed by atoms with Gasteiger partial charge in [0.25, 0.3) is 0 Å². The van der Waals surface area contributed by atoms with Gasteiger partial charge in [0.05, 0.1) is 33.1 Å². The topological polar surface area (TPSA) is 53.5 Å². The van der Waals surface area contributed by atoms with Gasteiger partial charge in [-0.2, -0.15) is 15.0 Å². The van der Waals surface area contributed by atoms with E-state index in [1.54, 1.807) is 0 Å². The Kier molecular flexibility index (Phi) is 11.2. The monoisotopic (exact) mass is 1230 g/mol. The minimum Gasteiger partial charge on any atom is -0.309 e. The summed E-state index contributed by atoms with van der Waals surface area (Å²) < 4.78 is 6.90. The zero-order chi connectivity index (χ0) is 64.1. The van der Waals surface area contributed by atoms with Gasteiger partial charge in [-0.25, -0.2) is 0 Å². The molecule has 3 aliphatic carbocycles. The molecule has 0 unspecified atom stereocenters. The van der Waals surface area contributed by atoms with Crippen molar-refractivity contribution in [1.29, 1.82) is 0 Å². The Morgan fingerprint density at radius 2 is 0.531 bits per heavy atom. The summed E-state index contributed by atoms with van der Waals surface area (Å²) in [5.41, 5.74) is 31.1. The molecule has 0 fully saturated rings. The highest BCUT2D eigenvalue weighted by Crippen LogP contribution is 2.53. The van der Waals surface area contributed by atoms with Gasteiger partial charge >= 0.3 is 0 Å². The van der Waals surface area contributed by atoms with Crippen LogP contribution in [0.4, 0.5) is 0 Å². The van der Waals surface area contributed by atoms with Gasteiger partial charge in [-0.3, -0.25) is 9.13 Å². The summed E-state index contributed by atoms with van der Waals surface area (Å²) in [5, 5.41) is 6.88. The third kappa shape index (κ3) is 7.66. The summed E-state index contributed by atoms with van der Waals surface area (Å²) in [6, 6.07) is 103. The van der Waals surface area contributed by atoms with Crippen LogP contribution in [0.25, 0.3) is 161 Å². The van der Waals surface area contributed by atoms with E-state index in [9.17, 15) is 0 Å². The van der Waals surface area contributed by atoms with Crippen LogP contribution in [0.2, 0.25) is 0 Å². The van der Waals surface area contributed by atoms with E-state index >= 15 is 0 Å². The number of aromatic nitrogens is 6. The highest BCUT2D eigenvalue weighted by atomic mass is 15.3. The van der Waals surface area contributed by atoms with E-state index in [0.29, 0.717) is 17.7 Å². The van der Waals surface area contributed by atoms with Crippen molar-refractivity contribution in [2.24, 2.45) is 0 Å². The summed E-state index contributed by atoms with van der Waals surface area (Å²) in [6.07, 6.45) is 0. The lowest BCUT2D eigenvalue weighted by molar-refractivity contribution is 0.660. The number of rotatable bonds is 7. The molecule has 96 heavy (non-hydrogen) atoms. The zero-order valence-corrected chi connectivity index (χ0v) is 54.2. The SMILES string of the molecule is CC1(C)c2ccccc2-c2ccc(-c3ccc4c(c3)c3ccccc3n4-c3cccc(-c4nc(-n5c6ccccc6c6cc(-c7ccc8c(c7)C(C)(C)c7ccccc7-8)ccc65)nc(-n5c6ccccc6c6cc(-c7ccc8c(c7)C(C)(C)c7ccccc7-8)ccc65)n4)c3)cc21. The van der Waals surface area contributed by atoms with Crippen molar-refractivity contribution < 1.29 is 0 Å². The second-order valence-corrected chi connectivity index (χ2v) is 28.4. The second kappa shape index (κ2) is 19.7. The molecule has 6 nitrogen and oxygen atoms in total. The number of nitrogens with zero attached hydrogens (tertiary/aromatic N) is 6. The fraction of sp³-hybridized carbons (Fsp3) is 0.100. The van der Waals surface area contributed by atoms with Gasteiger partial charge < -0.3 is 4.57 Å². The van der Waals surface area contributed by atoms with Gasteiger partial charge in [0, 0.05) is 59.8 Å². The Morgan fingerprint density at radius 1 is 0.219 bits per heavy atom. The van der Waals surface area contributed by atoms with Gasteiger partial charge in [0.15, 0.2) is 5.82 Å². The van der Waals surface area contributed by atoms with Crippen molar-refractivity contribution in [3.05, 3.63) is 312 Å². The standard InChI is InChI=1S/C90H64N6/c1-88(2)73-28-13-7-22-61(73)64-40-34-56(50-76(64)88)53-37-43-82-70(47-53)67-25-10-16-31-79(67)94(82)60-21-19-20-59(46-60)85-91-86(95-80-32-17-11-26-68(80)71-48-54(38-44-83(71)95)57-35-41-65-62-23-8-14-29-74(62)89(3,4)77(65)51-57)93-87(92-85)96-81-33-18-12-27-69(81)72-49-55(39-45-84(72)96)58-36-42-66-63-24-9-15-30-75(63)90(5,6)78(66)52-58/h7-52H,1-6H3. The molecule has 4 aromatic heterocycles.